The van der Waals surface area contributed by atoms with E-state index in [1.807, 2.05) is 18.2 Å². The van der Waals surface area contributed by atoms with Crippen LogP contribution < -0.4 is 10.6 Å². The second-order valence-electron chi connectivity index (χ2n) is 4.95. The zero-order valence-electron chi connectivity index (χ0n) is 11.3. The van der Waals surface area contributed by atoms with Gasteiger partial charge in [0.05, 0.1) is 0 Å². The monoisotopic (exact) mass is 286 g/mol. The number of fused-ring (bicyclic) bond motifs is 1. The Kier molecular flexibility index (Phi) is 4.02. The number of hydrogen-bond acceptors (Lipinski definition) is 3. The summed E-state index contributed by atoms with van der Waals surface area (Å²) in [5.41, 5.74) is 3.09. The van der Waals surface area contributed by atoms with Crippen molar-refractivity contribution in [3.8, 4) is 0 Å². The minimum Gasteiger partial charge on any atom is -0.385 e. The average molecular weight is 286 g/mol. The summed E-state index contributed by atoms with van der Waals surface area (Å²) in [5.74, 6) is 0.0436. The maximum absolute atomic E-state index is 12.3. The Balaban J connectivity index is 1.65. The van der Waals surface area contributed by atoms with E-state index in [0.717, 1.165) is 42.6 Å². The van der Waals surface area contributed by atoms with E-state index in [9.17, 15) is 4.79 Å². The van der Waals surface area contributed by atoms with Gasteiger partial charge in [-0.2, -0.15) is 0 Å². The van der Waals surface area contributed by atoms with Gasteiger partial charge < -0.3 is 10.6 Å². The van der Waals surface area contributed by atoms with Crippen LogP contribution in [0.25, 0.3) is 0 Å². The van der Waals surface area contributed by atoms with Crippen LogP contribution in [0.5, 0.6) is 0 Å². The molecule has 0 saturated heterocycles. The molecule has 0 atom stereocenters. The van der Waals surface area contributed by atoms with Gasteiger partial charge in [-0.25, -0.2) is 0 Å². The van der Waals surface area contributed by atoms with Crippen LogP contribution in [0.1, 0.15) is 27.2 Å². The van der Waals surface area contributed by atoms with Crippen molar-refractivity contribution in [2.24, 2.45) is 0 Å². The zero-order chi connectivity index (χ0) is 13.8. The van der Waals surface area contributed by atoms with Crippen LogP contribution in [-0.2, 0) is 12.8 Å². The van der Waals surface area contributed by atoms with E-state index in [2.05, 4.69) is 28.1 Å². The SMILES string of the molecule is O=C(NCCc1cccs1)c1cccc2c1CCCN2. The van der Waals surface area contributed by atoms with Gasteiger partial charge in [-0.05, 0) is 48.4 Å². The highest BCUT2D eigenvalue weighted by Crippen LogP contribution is 2.25. The predicted octanol–water partition coefficient (Wildman–Crippen LogP) is 3.08. The molecule has 0 radical (unpaired) electrons. The number of benzene rings is 1. The molecule has 4 heteroatoms. The normalized spacial score (nSPS) is 13.4. The van der Waals surface area contributed by atoms with Crippen molar-refractivity contribution in [3.05, 3.63) is 51.7 Å². The molecule has 0 bridgehead atoms. The molecule has 0 unspecified atom stereocenters. The molecule has 0 saturated carbocycles. The molecular weight excluding hydrogens is 268 g/mol. The van der Waals surface area contributed by atoms with Gasteiger partial charge >= 0.3 is 0 Å². The summed E-state index contributed by atoms with van der Waals surface area (Å²) in [4.78, 5) is 13.6. The second-order valence-corrected chi connectivity index (χ2v) is 5.98. The molecule has 0 aliphatic carbocycles. The topological polar surface area (TPSA) is 41.1 Å². The van der Waals surface area contributed by atoms with Crippen molar-refractivity contribution in [1.29, 1.82) is 0 Å². The fraction of sp³-hybridized carbons (Fsp3) is 0.312. The fourth-order valence-corrected chi connectivity index (χ4v) is 3.28. The number of carbonyl (C=O) groups excluding carboxylic acids is 1. The lowest BCUT2D eigenvalue weighted by atomic mass is 9.97. The number of rotatable bonds is 4. The van der Waals surface area contributed by atoms with Gasteiger partial charge in [-0.3, -0.25) is 4.79 Å². The minimum absolute atomic E-state index is 0.0436. The Labute approximate surface area is 123 Å². The number of anilines is 1. The molecule has 1 aliphatic heterocycles. The first-order valence-corrected chi connectivity index (χ1v) is 7.89. The number of amides is 1. The van der Waals surface area contributed by atoms with Gasteiger partial charge in [0, 0.05) is 29.2 Å². The molecule has 2 aromatic rings. The van der Waals surface area contributed by atoms with Crippen molar-refractivity contribution in [2.75, 3.05) is 18.4 Å². The molecule has 2 heterocycles. The Morgan fingerprint density at radius 2 is 2.25 bits per heavy atom. The third-order valence-electron chi connectivity index (χ3n) is 3.58. The molecule has 3 nitrogen and oxygen atoms in total. The van der Waals surface area contributed by atoms with Crippen molar-refractivity contribution in [3.63, 3.8) is 0 Å². The van der Waals surface area contributed by atoms with Crippen molar-refractivity contribution < 1.29 is 4.79 Å². The van der Waals surface area contributed by atoms with Crippen LogP contribution in [0.4, 0.5) is 5.69 Å². The molecule has 1 aromatic heterocycles. The van der Waals surface area contributed by atoms with E-state index < -0.39 is 0 Å². The minimum atomic E-state index is 0.0436. The van der Waals surface area contributed by atoms with E-state index >= 15 is 0 Å². The summed E-state index contributed by atoms with van der Waals surface area (Å²) < 4.78 is 0. The molecule has 3 rings (SSSR count). The molecule has 104 valence electrons. The largest absolute Gasteiger partial charge is 0.385 e. The number of carbonyl (C=O) groups is 1. The maximum Gasteiger partial charge on any atom is 0.251 e. The number of nitrogens with one attached hydrogen (secondary N) is 2. The second kappa shape index (κ2) is 6.09. The lowest BCUT2D eigenvalue weighted by molar-refractivity contribution is 0.0953. The molecule has 1 aromatic carbocycles. The van der Waals surface area contributed by atoms with Crippen LogP contribution in [0.3, 0.4) is 0 Å². The van der Waals surface area contributed by atoms with Crippen molar-refractivity contribution in [2.45, 2.75) is 19.3 Å². The highest BCUT2D eigenvalue weighted by atomic mass is 32.1. The number of hydrogen-bond donors (Lipinski definition) is 2. The molecule has 1 amide bonds. The summed E-state index contributed by atoms with van der Waals surface area (Å²) in [6, 6.07) is 10.1. The third kappa shape index (κ3) is 2.85. The van der Waals surface area contributed by atoms with Crippen LogP contribution >= 0.6 is 11.3 Å². The standard InChI is InChI=1S/C16H18N2OS/c19-16(18-10-8-12-4-3-11-20-12)14-5-1-7-15-13(14)6-2-9-17-15/h1,3-5,7,11,17H,2,6,8-10H2,(H,18,19). The summed E-state index contributed by atoms with van der Waals surface area (Å²) >= 11 is 1.73. The molecule has 0 spiro atoms. The molecule has 1 aliphatic rings. The molecule has 2 N–H and O–H groups in total. The van der Waals surface area contributed by atoms with E-state index in [1.165, 1.54) is 4.88 Å². The Morgan fingerprint density at radius 1 is 1.30 bits per heavy atom. The zero-order valence-corrected chi connectivity index (χ0v) is 12.1. The summed E-state index contributed by atoms with van der Waals surface area (Å²) in [6.45, 7) is 1.69. The summed E-state index contributed by atoms with van der Waals surface area (Å²) in [7, 11) is 0. The van der Waals surface area contributed by atoms with E-state index in [4.69, 9.17) is 0 Å². The average Bonchev–Trinajstić information content (AvgIpc) is 3.00. The van der Waals surface area contributed by atoms with Gasteiger partial charge in [-0.1, -0.05) is 12.1 Å². The highest BCUT2D eigenvalue weighted by molar-refractivity contribution is 7.09. The highest BCUT2D eigenvalue weighted by Gasteiger charge is 2.16. The van der Waals surface area contributed by atoms with Crippen LogP contribution in [-0.4, -0.2) is 19.0 Å². The number of thiophene rings is 1. The molecule has 20 heavy (non-hydrogen) atoms. The van der Waals surface area contributed by atoms with Gasteiger partial charge in [0.15, 0.2) is 0 Å². The fourth-order valence-electron chi connectivity index (χ4n) is 2.57. The van der Waals surface area contributed by atoms with Crippen LogP contribution in [0.2, 0.25) is 0 Å². The lowest BCUT2D eigenvalue weighted by Gasteiger charge is -2.20. The van der Waals surface area contributed by atoms with E-state index in [0.29, 0.717) is 6.54 Å². The lowest BCUT2D eigenvalue weighted by Crippen LogP contribution is -2.27. The first kappa shape index (κ1) is 13.2. The maximum atomic E-state index is 12.3. The van der Waals surface area contributed by atoms with Gasteiger partial charge in [0.1, 0.15) is 0 Å². The first-order chi connectivity index (χ1) is 9.84. The van der Waals surface area contributed by atoms with E-state index in [-0.39, 0.29) is 5.91 Å². The smallest absolute Gasteiger partial charge is 0.251 e. The predicted molar refractivity (Wildman–Crippen MR) is 83.6 cm³/mol. The van der Waals surface area contributed by atoms with Crippen LogP contribution in [0, 0.1) is 0 Å². The molecular formula is C16H18N2OS. The third-order valence-corrected chi connectivity index (χ3v) is 4.51. The van der Waals surface area contributed by atoms with Gasteiger partial charge in [0.2, 0.25) is 0 Å². The first-order valence-electron chi connectivity index (χ1n) is 7.01. The van der Waals surface area contributed by atoms with Crippen LogP contribution in [0.15, 0.2) is 35.7 Å². The Bertz CT molecular complexity index is 593. The van der Waals surface area contributed by atoms with Gasteiger partial charge in [-0.15, -0.1) is 11.3 Å². The summed E-state index contributed by atoms with van der Waals surface area (Å²) in [5, 5.41) is 8.45. The van der Waals surface area contributed by atoms with Crippen molar-refractivity contribution >= 4 is 22.9 Å². The Hall–Kier alpha value is -1.81. The van der Waals surface area contributed by atoms with E-state index in [1.54, 1.807) is 11.3 Å². The Morgan fingerprint density at radius 3 is 3.10 bits per heavy atom. The molecule has 0 fully saturated rings. The van der Waals surface area contributed by atoms with Gasteiger partial charge in [0.25, 0.3) is 5.91 Å². The quantitative estimate of drug-likeness (QED) is 0.907. The van der Waals surface area contributed by atoms with Crippen molar-refractivity contribution in [1.82, 2.24) is 5.32 Å². The summed E-state index contributed by atoms with van der Waals surface area (Å²) in [6.07, 6.45) is 2.97.